The van der Waals surface area contributed by atoms with Crippen molar-refractivity contribution in [2.45, 2.75) is 26.3 Å². The second kappa shape index (κ2) is 6.87. The summed E-state index contributed by atoms with van der Waals surface area (Å²) >= 11 is 0. The molecule has 2 N–H and O–H groups in total. The topological polar surface area (TPSA) is 89.5 Å². The monoisotopic (exact) mass is 313 g/mol. The maximum atomic E-state index is 12.5. The molecule has 2 atom stereocenters. The van der Waals surface area contributed by atoms with Crippen molar-refractivity contribution in [2.75, 3.05) is 13.1 Å². The molecule has 1 aliphatic rings. The molecule has 1 aromatic carbocycles. The molecule has 0 bridgehead atoms. The smallest absolute Gasteiger partial charge is 0.270 e. The molecule has 0 radical (unpaired) electrons. The number of hydrogen-bond donors (Lipinski definition) is 1. The van der Waals surface area contributed by atoms with Gasteiger partial charge in [0.15, 0.2) is 0 Å². The molecule has 7 heteroatoms. The Labute approximate surface area is 129 Å². The van der Waals surface area contributed by atoms with Crippen LogP contribution in [0.2, 0.25) is 0 Å². The van der Waals surface area contributed by atoms with E-state index >= 15 is 0 Å². The van der Waals surface area contributed by atoms with Gasteiger partial charge >= 0.3 is 0 Å². The number of piperidine rings is 1. The Hall–Kier alpha value is -1.66. The first-order valence-corrected chi connectivity index (χ1v) is 6.70. The summed E-state index contributed by atoms with van der Waals surface area (Å²) in [6.07, 6.45) is 0.765. The number of aryl methyl sites for hydroxylation is 1. The number of nitrogens with zero attached hydrogens (tertiary/aromatic N) is 2. The first-order chi connectivity index (χ1) is 9.40. The summed E-state index contributed by atoms with van der Waals surface area (Å²) in [5.41, 5.74) is 7.05. The number of nitro benzene ring substituents is 1. The van der Waals surface area contributed by atoms with Crippen LogP contribution in [0.4, 0.5) is 5.69 Å². The highest BCUT2D eigenvalue weighted by molar-refractivity contribution is 5.96. The normalized spacial score (nSPS) is 21.6. The van der Waals surface area contributed by atoms with Gasteiger partial charge in [-0.3, -0.25) is 14.9 Å². The van der Waals surface area contributed by atoms with E-state index in [1.165, 1.54) is 12.1 Å². The van der Waals surface area contributed by atoms with Gasteiger partial charge < -0.3 is 10.6 Å². The summed E-state index contributed by atoms with van der Waals surface area (Å²) in [7, 11) is 0. The van der Waals surface area contributed by atoms with Crippen molar-refractivity contribution in [1.29, 1.82) is 0 Å². The first kappa shape index (κ1) is 17.4. The van der Waals surface area contributed by atoms with Crippen LogP contribution in [-0.2, 0) is 0 Å². The summed E-state index contributed by atoms with van der Waals surface area (Å²) in [5, 5.41) is 10.8. The molecule has 0 spiro atoms. The highest BCUT2D eigenvalue weighted by Crippen LogP contribution is 2.22. The Bertz CT molecular complexity index is 550. The lowest BCUT2D eigenvalue weighted by molar-refractivity contribution is -0.384. The zero-order valence-corrected chi connectivity index (χ0v) is 12.9. The molecule has 0 aromatic heterocycles. The van der Waals surface area contributed by atoms with Crippen molar-refractivity contribution < 1.29 is 9.72 Å². The van der Waals surface area contributed by atoms with Crippen LogP contribution in [0.5, 0.6) is 0 Å². The molecule has 1 fully saturated rings. The molecule has 116 valence electrons. The second-order valence-corrected chi connectivity index (χ2v) is 5.44. The maximum absolute atomic E-state index is 12.5. The SMILES string of the molecule is Cc1ccc([N+](=O)[O-])cc1C(=O)N1CCC(N)C(C)C1.Cl. The van der Waals surface area contributed by atoms with Crippen molar-refractivity contribution in [3.05, 3.63) is 39.4 Å². The van der Waals surface area contributed by atoms with Crippen molar-refractivity contribution in [3.8, 4) is 0 Å². The third kappa shape index (κ3) is 3.71. The fourth-order valence-electron chi connectivity index (χ4n) is 2.47. The van der Waals surface area contributed by atoms with E-state index in [1.54, 1.807) is 17.9 Å². The number of halogens is 1. The first-order valence-electron chi connectivity index (χ1n) is 6.70. The Morgan fingerprint density at radius 2 is 2.14 bits per heavy atom. The molecule has 1 amide bonds. The third-order valence-corrected chi connectivity index (χ3v) is 3.92. The Kier molecular flexibility index (Phi) is 5.69. The van der Waals surface area contributed by atoms with Crippen molar-refractivity contribution in [3.63, 3.8) is 0 Å². The van der Waals surface area contributed by atoms with Crippen molar-refractivity contribution in [1.82, 2.24) is 4.90 Å². The number of nitrogens with two attached hydrogens (primary N) is 1. The lowest BCUT2D eigenvalue weighted by atomic mass is 9.94. The quantitative estimate of drug-likeness (QED) is 0.669. The number of benzene rings is 1. The van der Waals surface area contributed by atoms with Gasteiger partial charge in [0.25, 0.3) is 11.6 Å². The van der Waals surface area contributed by atoms with Crippen LogP contribution in [0.1, 0.15) is 29.3 Å². The van der Waals surface area contributed by atoms with Gasteiger partial charge in [-0.25, -0.2) is 0 Å². The molecule has 21 heavy (non-hydrogen) atoms. The van der Waals surface area contributed by atoms with E-state index in [0.717, 1.165) is 12.0 Å². The molecular formula is C14H20ClN3O3. The highest BCUT2D eigenvalue weighted by Gasteiger charge is 2.28. The van der Waals surface area contributed by atoms with Crippen LogP contribution in [0.15, 0.2) is 18.2 Å². The molecule has 1 saturated heterocycles. The summed E-state index contributed by atoms with van der Waals surface area (Å²) in [5.74, 6) is 0.0941. The molecule has 6 nitrogen and oxygen atoms in total. The van der Waals surface area contributed by atoms with Crippen molar-refractivity contribution in [2.24, 2.45) is 11.7 Å². The van der Waals surface area contributed by atoms with Gasteiger partial charge in [0.1, 0.15) is 0 Å². The molecule has 0 saturated carbocycles. The minimum Gasteiger partial charge on any atom is -0.338 e. The summed E-state index contributed by atoms with van der Waals surface area (Å²) in [6.45, 7) is 5.01. The Balaban J connectivity index is 0.00000220. The summed E-state index contributed by atoms with van der Waals surface area (Å²) < 4.78 is 0. The van der Waals surface area contributed by atoms with Crippen molar-refractivity contribution >= 4 is 24.0 Å². The average Bonchev–Trinajstić information content (AvgIpc) is 2.41. The lowest BCUT2D eigenvalue weighted by Crippen LogP contribution is -2.48. The van der Waals surface area contributed by atoms with Crippen LogP contribution < -0.4 is 5.73 Å². The predicted octanol–water partition coefficient (Wildman–Crippen LogP) is 2.13. The highest BCUT2D eigenvalue weighted by atomic mass is 35.5. The molecule has 2 rings (SSSR count). The van der Waals surface area contributed by atoms with Crippen LogP contribution in [0.25, 0.3) is 0 Å². The van der Waals surface area contributed by atoms with Crippen LogP contribution in [-0.4, -0.2) is 34.9 Å². The number of rotatable bonds is 2. The minimum absolute atomic E-state index is 0. The number of carbonyl (C=O) groups is 1. The van der Waals surface area contributed by atoms with E-state index in [9.17, 15) is 14.9 Å². The largest absolute Gasteiger partial charge is 0.338 e. The standard InChI is InChI=1S/C14H19N3O3.ClH/c1-9-3-4-11(17(19)20)7-12(9)14(18)16-6-5-13(15)10(2)8-16;/h3-4,7,10,13H,5-6,8,15H2,1-2H3;1H. The molecule has 0 aliphatic carbocycles. The summed E-state index contributed by atoms with van der Waals surface area (Å²) in [4.78, 5) is 24.6. The van der Waals surface area contributed by atoms with Gasteiger partial charge in [0.05, 0.1) is 4.92 Å². The van der Waals surface area contributed by atoms with E-state index in [1.807, 2.05) is 6.92 Å². The maximum Gasteiger partial charge on any atom is 0.270 e. The van der Waals surface area contributed by atoms with E-state index in [-0.39, 0.29) is 36.0 Å². The van der Waals surface area contributed by atoms with Crippen LogP contribution >= 0.6 is 12.4 Å². The number of amides is 1. The van der Waals surface area contributed by atoms with Gasteiger partial charge in [-0.15, -0.1) is 12.4 Å². The number of likely N-dealkylation sites (tertiary alicyclic amines) is 1. The molecule has 1 aromatic rings. The fraction of sp³-hybridized carbons (Fsp3) is 0.500. The predicted molar refractivity (Wildman–Crippen MR) is 82.7 cm³/mol. The number of carbonyl (C=O) groups excluding carboxylic acids is 1. The van der Waals surface area contributed by atoms with E-state index in [0.29, 0.717) is 18.7 Å². The van der Waals surface area contributed by atoms with Gasteiger partial charge in [0, 0.05) is 36.8 Å². The van der Waals surface area contributed by atoms with E-state index < -0.39 is 4.92 Å². The average molecular weight is 314 g/mol. The molecular weight excluding hydrogens is 294 g/mol. The van der Waals surface area contributed by atoms with Crippen LogP contribution in [0, 0.1) is 23.0 Å². The lowest BCUT2D eigenvalue weighted by Gasteiger charge is -2.35. The molecule has 1 heterocycles. The van der Waals surface area contributed by atoms with E-state index in [2.05, 4.69) is 0 Å². The number of nitro groups is 1. The number of hydrogen-bond acceptors (Lipinski definition) is 4. The van der Waals surface area contributed by atoms with Gasteiger partial charge in [-0.1, -0.05) is 13.0 Å². The fourth-order valence-corrected chi connectivity index (χ4v) is 2.47. The van der Waals surface area contributed by atoms with Gasteiger partial charge in [0.2, 0.25) is 0 Å². The minimum atomic E-state index is -0.481. The zero-order valence-electron chi connectivity index (χ0n) is 12.1. The van der Waals surface area contributed by atoms with E-state index in [4.69, 9.17) is 5.73 Å². The third-order valence-electron chi connectivity index (χ3n) is 3.92. The molecule has 1 aliphatic heterocycles. The van der Waals surface area contributed by atoms with Crippen LogP contribution in [0.3, 0.4) is 0 Å². The molecule has 2 unspecified atom stereocenters. The number of non-ortho nitro benzene ring substituents is 1. The van der Waals surface area contributed by atoms with Gasteiger partial charge in [-0.05, 0) is 24.8 Å². The Morgan fingerprint density at radius 1 is 1.48 bits per heavy atom. The second-order valence-electron chi connectivity index (χ2n) is 5.44. The Morgan fingerprint density at radius 3 is 2.71 bits per heavy atom. The zero-order chi connectivity index (χ0) is 14.9. The van der Waals surface area contributed by atoms with Gasteiger partial charge in [-0.2, -0.15) is 0 Å². The summed E-state index contributed by atoms with van der Waals surface area (Å²) in [6, 6.07) is 4.51.